The van der Waals surface area contributed by atoms with Gasteiger partial charge in [0.15, 0.2) is 0 Å². The number of rotatable bonds is 3. The molecule has 2 heteroatoms. The first kappa shape index (κ1) is 7.22. The van der Waals surface area contributed by atoms with Gasteiger partial charge in [-0.25, -0.2) is 0 Å². The highest BCUT2D eigenvalue weighted by Gasteiger charge is 1.89. The van der Waals surface area contributed by atoms with Crippen molar-refractivity contribution >= 4 is 0 Å². The topological polar surface area (TPSA) is 9.86 Å². The number of hydrogen-bond acceptors (Lipinski definition) is 0. The van der Waals surface area contributed by atoms with Crippen LogP contribution < -0.4 is 0 Å². The van der Waals surface area contributed by atoms with Crippen molar-refractivity contribution < 1.29 is 0 Å². The Balaban J connectivity index is 1.91. The summed E-state index contributed by atoms with van der Waals surface area (Å²) < 4.78 is 4.36. The van der Waals surface area contributed by atoms with E-state index in [0.717, 1.165) is 13.1 Å². The third-order valence-corrected chi connectivity index (χ3v) is 1.95. The maximum absolute atomic E-state index is 2.18. The van der Waals surface area contributed by atoms with Gasteiger partial charge in [-0.15, -0.1) is 0 Å². The largest absolute Gasteiger partial charge is 0.352 e. The summed E-state index contributed by atoms with van der Waals surface area (Å²) in [6, 6.07) is 8.20. The second-order valence-corrected chi connectivity index (χ2v) is 2.84. The maximum atomic E-state index is 2.18. The molecule has 62 valence electrons. The van der Waals surface area contributed by atoms with E-state index in [9.17, 15) is 0 Å². The van der Waals surface area contributed by atoms with Crippen molar-refractivity contribution in [3.8, 4) is 0 Å². The summed E-state index contributed by atoms with van der Waals surface area (Å²) in [5.74, 6) is 0. The highest BCUT2D eigenvalue weighted by Crippen LogP contribution is 1.94. The number of hydrogen-bond donors (Lipinski definition) is 0. The van der Waals surface area contributed by atoms with Crippen LogP contribution in [0.5, 0.6) is 0 Å². The van der Waals surface area contributed by atoms with Crippen LogP contribution in [0.4, 0.5) is 0 Å². The lowest BCUT2D eigenvalue weighted by Gasteiger charge is -2.03. The predicted molar refractivity (Wildman–Crippen MR) is 48.9 cm³/mol. The first-order valence-electron chi connectivity index (χ1n) is 4.17. The van der Waals surface area contributed by atoms with Gasteiger partial charge in [-0.05, 0) is 24.3 Å². The Bertz CT molecular complexity index is 271. The highest BCUT2D eigenvalue weighted by molar-refractivity contribution is 4.92. The van der Waals surface area contributed by atoms with E-state index in [0.29, 0.717) is 0 Å². The molecule has 0 radical (unpaired) electrons. The fraction of sp³-hybridized carbons (Fsp3) is 0.200. The monoisotopic (exact) mass is 160 g/mol. The zero-order chi connectivity index (χ0) is 8.23. The summed E-state index contributed by atoms with van der Waals surface area (Å²) in [7, 11) is 0. The second kappa shape index (κ2) is 3.30. The van der Waals surface area contributed by atoms with E-state index < -0.39 is 0 Å². The van der Waals surface area contributed by atoms with Crippen LogP contribution in [0.3, 0.4) is 0 Å². The Morgan fingerprint density at radius 3 is 1.25 bits per heavy atom. The molecule has 2 aromatic heterocycles. The summed E-state index contributed by atoms with van der Waals surface area (Å²) in [5, 5.41) is 0. The summed E-state index contributed by atoms with van der Waals surface area (Å²) in [6.07, 6.45) is 8.35. The van der Waals surface area contributed by atoms with Gasteiger partial charge in [-0.1, -0.05) is 0 Å². The van der Waals surface area contributed by atoms with E-state index in [1.165, 1.54) is 0 Å². The first-order chi connectivity index (χ1) is 5.95. The van der Waals surface area contributed by atoms with Crippen molar-refractivity contribution in [3.63, 3.8) is 0 Å². The minimum absolute atomic E-state index is 1.04. The van der Waals surface area contributed by atoms with Crippen LogP contribution in [0.25, 0.3) is 0 Å². The van der Waals surface area contributed by atoms with Crippen molar-refractivity contribution in [1.82, 2.24) is 9.13 Å². The molecule has 0 aliphatic carbocycles. The lowest BCUT2D eigenvalue weighted by atomic mass is 10.6. The van der Waals surface area contributed by atoms with Gasteiger partial charge in [-0.2, -0.15) is 0 Å². The van der Waals surface area contributed by atoms with Crippen molar-refractivity contribution in [3.05, 3.63) is 49.1 Å². The van der Waals surface area contributed by atoms with Crippen molar-refractivity contribution in [2.75, 3.05) is 0 Å². The molecule has 12 heavy (non-hydrogen) atoms. The number of aromatic nitrogens is 2. The molecule has 0 amide bonds. The van der Waals surface area contributed by atoms with Crippen LogP contribution in [0.1, 0.15) is 0 Å². The lowest BCUT2D eigenvalue weighted by Crippen LogP contribution is -2.03. The van der Waals surface area contributed by atoms with Gasteiger partial charge in [-0.3, -0.25) is 0 Å². The molecule has 2 aromatic rings. The molecule has 0 saturated heterocycles. The van der Waals surface area contributed by atoms with E-state index in [1.54, 1.807) is 0 Å². The molecule has 0 saturated carbocycles. The third kappa shape index (κ3) is 1.59. The Hall–Kier alpha value is -1.44. The maximum Gasteiger partial charge on any atom is 0.0399 e. The zero-order valence-corrected chi connectivity index (χ0v) is 6.93. The quantitative estimate of drug-likeness (QED) is 0.650. The molecule has 0 aliphatic rings. The van der Waals surface area contributed by atoms with E-state index in [2.05, 4.69) is 58.2 Å². The Kier molecular flexibility index (Phi) is 1.99. The van der Waals surface area contributed by atoms with Crippen LogP contribution >= 0.6 is 0 Å². The molecule has 0 bridgehead atoms. The SMILES string of the molecule is c1ccn(CCn2cccc2)c1. The Morgan fingerprint density at radius 1 is 0.583 bits per heavy atom. The number of aryl methyl sites for hydroxylation is 2. The molecular formula is C10H12N2. The van der Waals surface area contributed by atoms with Gasteiger partial charge in [0, 0.05) is 37.9 Å². The molecule has 2 rings (SSSR count). The van der Waals surface area contributed by atoms with Crippen LogP contribution in [0, 0.1) is 0 Å². The van der Waals surface area contributed by atoms with Gasteiger partial charge in [0.25, 0.3) is 0 Å². The molecule has 2 nitrogen and oxygen atoms in total. The highest BCUT2D eigenvalue weighted by atomic mass is 15.0. The van der Waals surface area contributed by atoms with Crippen molar-refractivity contribution in [2.45, 2.75) is 13.1 Å². The molecule has 0 N–H and O–H groups in total. The summed E-state index contributed by atoms with van der Waals surface area (Å²) in [6.45, 7) is 2.09. The molecule has 0 fully saturated rings. The van der Waals surface area contributed by atoms with Crippen LogP contribution in [-0.4, -0.2) is 9.13 Å². The first-order valence-corrected chi connectivity index (χ1v) is 4.17. The third-order valence-electron chi connectivity index (χ3n) is 1.95. The van der Waals surface area contributed by atoms with Crippen molar-refractivity contribution in [1.29, 1.82) is 0 Å². The second-order valence-electron chi connectivity index (χ2n) is 2.84. The minimum atomic E-state index is 1.04. The van der Waals surface area contributed by atoms with E-state index >= 15 is 0 Å². The van der Waals surface area contributed by atoms with Gasteiger partial charge in [0.1, 0.15) is 0 Å². The molecule has 0 aliphatic heterocycles. The van der Waals surface area contributed by atoms with Crippen LogP contribution in [-0.2, 0) is 13.1 Å². The molecule has 2 heterocycles. The van der Waals surface area contributed by atoms with Crippen LogP contribution in [0.15, 0.2) is 49.1 Å². The van der Waals surface area contributed by atoms with Gasteiger partial charge >= 0.3 is 0 Å². The molecule has 0 atom stereocenters. The van der Waals surface area contributed by atoms with Gasteiger partial charge < -0.3 is 9.13 Å². The Labute approximate surface area is 72.1 Å². The van der Waals surface area contributed by atoms with E-state index in [-0.39, 0.29) is 0 Å². The molecule has 0 unspecified atom stereocenters. The van der Waals surface area contributed by atoms with E-state index in [1.807, 2.05) is 0 Å². The standard InChI is InChI=1S/C10H12N2/c1-2-6-11(5-1)9-10-12-7-3-4-8-12/h1-8H,9-10H2. The Morgan fingerprint density at radius 2 is 0.917 bits per heavy atom. The van der Waals surface area contributed by atoms with E-state index in [4.69, 9.17) is 0 Å². The smallest absolute Gasteiger partial charge is 0.0399 e. The predicted octanol–water partition coefficient (Wildman–Crippen LogP) is 1.99. The fourth-order valence-electron chi connectivity index (χ4n) is 1.27. The average molecular weight is 160 g/mol. The molecule has 0 spiro atoms. The summed E-state index contributed by atoms with van der Waals surface area (Å²) in [5.41, 5.74) is 0. The van der Waals surface area contributed by atoms with Crippen molar-refractivity contribution in [2.24, 2.45) is 0 Å². The fourth-order valence-corrected chi connectivity index (χ4v) is 1.27. The average Bonchev–Trinajstić information content (AvgIpc) is 2.74. The number of nitrogens with zero attached hydrogens (tertiary/aromatic N) is 2. The molecule has 0 aromatic carbocycles. The zero-order valence-electron chi connectivity index (χ0n) is 6.93. The minimum Gasteiger partial charge on any atom is -0.352 e. The molecular weight excluding hydrogens is 148 g/mol. The summed E-state index contributed by atoms with van der Waals surface area (Å²) >= 11 is 0. The summed E-state index contributed by atoms with van der Waals surface area (Å²) in [4.78, 5) is 0. The lowest BCUT2D eigenvalue weighted by molar-refractivity contribution is 0.583. The van der Waals surface area contributed by atoms with Gasteiger partial charge in [0.05, 0.1) is 0 Å². The van der Waals surface area contributed by atoms with Gasteiger partial charge in [0.2, 0.25) is 0 Å². The normalized spacial score (nSPS) is 10.3. The van der Waals surface area contributed by atoms with Crippen LogP contribution in [0.2, 0.25) is 0 Å².